The lowest BCUT2D eigenvalue weighted by atomic mass is 10.1. The highest BCUT2D eigenvalue weighted by Gasteiger charge is 2.08. The molecule has 0 fully saturated rings. The number of anilines is 1. The summed E-state index contributed by atoms with van der Waals surface area (Å²) in [5.74, 6) is -0.367. The van der Waals surface area contributed by atoms with Crippen molar-refractivity contribution in [2.24, 2.45) is 5.73 Å². The van der Waals surface area contributed by atoms with Gasteiger partial charge in [-0.15, -0.1) is 0 Å². The number of hydrogen-bond donors (Lipinski definition) is 2. The van der Waals surface area contributed by atoms with Crippen LogP contribution in [0.5, 0.6) is 0 Å². The molecule has 3 N–H and O–H groups in total. The highest BCUT2D eigenvalue weighted by Crippen LogP contribution is 2.17. The molecule has 0 aliphatic rings. The summed E-state index contributed by atoms with van der Waals surface area (Å²) in [5.41, 5.74) is 6.49. The molecule has 0 heterocycles. The lowest BCUT2D eigenvalue weighted by Gasteiger charge is -2.17. The van der Waals surface area contributed by atoms with Gasteiger partial charge in [-0.25, -0.2) is 4.39 Å². The number of thiocarbonyl (C=S) groups is 1. The number of nitrogens with two attached hydrogens (primary N) is 1. The summed E-state index contributed by atoms with van der Waals surface area (Å²) in [4.78, 5) is 0.0923. The maximum absolute atomic E-state index is 13.6. The van der Waals surface area contributed by atoms with Gasteiger partial charge < -0.3 is 11.1 Å². The minimum absolute atomic E-state index is 0.0923. The first kappa shape index (κ1) is 13.9. The molecule has 1 aromatic carbocycles. The van der Waals surface area contributed by atoms with Crippen molar-refractivity contribution in [2.75, 3.05) is 5.32 Å². The third kappa shape index (κ3) is 3.97. The fraction of sp³-hybridized carbons (Fsp3) is 0.462. The smallest absolute Gasteiger partial charge is 0.135 e. The zero-order chi connectivity index (χ0) is 12.8. The van der Waals surface area contributed by atoms with Crippen molar-refractivity contribution in [1.29, 1.82) is 0 Å². The van der Waals surface area contributed by atoms with Crippen LogP contribution in [0.25, 0.3) is 0 Å². The Hall–Kier alpha value is -1.16. The third-order valence-corrected chi connectivity index (χ3v) is 2.96. The quantitative estimate of drug-likeness (QED) is 0.764. The molecule has 1 atom stereocenters. The molecule has 0 saturated carbocycles. The molecule has 4 heteroatoms. The van der Waals surface area contributed by atoms with Gasteiger partial charge in [0, 0.05) is 17.3 Å². The highest BCUT2D eigenvalue weighted by molar-refractivity contribution is 7.80. The lowest BCUT2D eigenvalue weighted by molar-refractivity contribution is 0.614. The van der Waals surface area contributed by atoms with Gasteiger partial charge >= 0.3 is 0 Å². The SMILES string of the molecule is CCCC(CC)Nc1ccc(C(N)=S)c(F)c1. The van der Waals surface area contributed by atoms with Gasteiger partial charge in [-0.1, -0.05) is 32.5 Å². The van der Waals surface area contributed by atoms with Crippen LogP contribution in [0.1, 0.15) is 38.7 Å². The van der Waals surface area contributed by atoms with Crippen molar-refractivity contribution in [2.45, 2.75) is 39.2 Å². The molecule has 0 aromatic heterocycles. The van der Waals surface area contributed by atoms with E-state index < -0.39 is 0 Å². The fourth-order valence-electron chi connectivity index (χ4n) is 1.77. The molecule has 94 valence electrons. The second kappa shape index (κ2) is 6.55. The van der Waals surface area contributed by atoms with E-state index >= 15 is 0 Å². The topological polar surface area (TPSA) is 38.0 Å². The summed E-state index contributed by atoms with van der Waals surface area (Å²) in [6, 6.07) is 5.27. The summed E-state index contributed by atoms with van der Waals surface area (Å²) in [7, 11) is 0. The summed E-state index contributed by atoms with van der Waals surface area (Å²) in [6.45, 7) is 4.26. The van der Waals surface area contributed by atoms with Gasteiger partial charge in [-0.05, 0) is 31.0 Å². The number of halogens is 1. The number of benzene rings is 1. The van der Waals surface area contributed by atoms with Crippen molar-refractivity contribution in [3.05, 3.63) is 29.6 Å². The second-order valence-corrected chi connectivity index (χ2v) is 4.54. The van der Waals surface area contributed by atoms with E-state index in [1.807, 2.05) is 6.07 Å². The Bertz CT molecular complexity index is 393. The van der Waals surface area contributed by atoms with Crippen molar-refractivity contribution in [3.8, 4) is 0 Å². The van der Waals surface area contributed by atoms with Crippen LogP contribution >= 0.6 is 12.2 Å². The van der Waals surface area contributed by atoms with Crippen LogP contribution in [0.3, 0.4) is 0 Å². The molecule has 0 aliphatic heterocycles. The molecule has 0 amide bonds. The number of hydrogen-bond acceptors (Lipinski definition) is 2. The molecular formula is C13H19FN2S. The Balaban J connectivity index is 2.79. The minimum atomic E-state index is -0.367. The van der Waals surface area contributed by atoms with Crippen molar-refractivity contribution in [1.82, 2.24) is 0 Å². The highest BCUT2D eigenvalue weighted by atomic mass is 32.1. The van der Waals surface area contributed by atoms with Gasteiger partial charge in [0.05, 0.1) is 0 Å². The van der Waals surface area contributed by atoms with Gasteiger partial charge in [0.25, 0.3) is 0 Å². The lowest BCUT2D eigenvalue weighted by Crippen LogP contribution is -2.18. The molecule has 0 aliphatic carbocycles. The molecule has 0 spiro atoms. The summed E-state index contributed by atoms with van der Waals surface area (Å²) >= 11 is 4.76. The maximum Gasteiger partial charge on any atom is 0.135 e. The van der Waals surface area contributed by atoms with E-state index in [-0.39, 0.29) is 10.8 Å². The first-order valence-corrected chi connectivity index (χ1v) is 6.35. The Morgan fingerprint density at radius 2 is 2.18 bits per heavy atom. The Kier molecular flexibility index (Phi) is 5.35. The predicted molar refractivity (Wildman–Crippen MR) is 74.9 cm³/mol. The normalized spacial score (nSPS) is 12.2. The van der Waals surface area contributed by atoms with Gasteiger partial charge in [-0.2, -0.15) is 0 Å². The zero-order valence-corrected chi connectivity index (χ0v) is 11.1. The van der Waals surface area contributed by atoms with Crippen LogP contribution in [0.15, 0.2) is 18.2 Å². The zero-order valence-electron chi connectivity index (χ0n) is 10.3. The maximum atomic E-state index is 13.6. The molecule has 1 aromatic rings. The number of rotatable bonds is 6. The summed E-state index contributed by atoms with van der Waals surface area (Å²) < 4.78 is 13.6. The van der Waals surface area contributed by atoms with Crippen molar-refractivity contribution in [3.63, 3.8) is 0 Å². The van der Waals surface area contributed by atoms with E-state index in [4.69, 9.17) is 18.0 Å². The first-order valence-electron chi connectivity index (χ1n) is 5.94. The van der Waals surface area contributed by atoms with Crippen LogP contribution in [0.2, 0.25) is 0 Å². The molecule has 0 radical (unpaired) electrons. The van der Waals surface area contributed by atoms with Crippen LogP contribution in [-0.2, 0) is 0 Å². The monoisotopic (exact) mass is 254 g/mol. The Labute approximate surface area is 107 Å². The van der Waals surface area contributed by atoms with Gasteiger partial charge in [-0.3, -0.25) is 0 Å². The van der Waals surface area contributed by atoms with Crippen molar-refractivity contribution >= 4 is 22.9 Å². The molecule has 1 unspecified atom stereocenters. The second-order valence-electron chi connectivity index (χ2n) is 4.10. The van der Waals surface area contributed by atoms with E-state index in [0.29, 0.717) is 11.6 Å². The largest absolute Gasteiger partial charge is 0.389 e. The van der Waals surface area contributed by atoms with Gasteiger partial charge in [0.1, 0.15) is 10.8 Å². The molecule has 0 saturated heterocycles. The Morgan fingerprint density at radius 1 is 1.47 bits per heavy atom. The van der Waals surface area contributed by atoms with E-state index in [0.717, 1.165) is 24.9 Å². The molecule has 1 rings (SSSR count). The van der Waals surface area contributed by atoms with Crippen LogP contribution in [0, 0.1) is 5.82 Å². The fourth-order valence-corrected chi connectivity index (χ4v) is 1.93. The van der Waals surface area contributed by atoms with Gasteiger partial charge in [0.2, 0.25) is 0 Å². The Morgan fingerprint density at radius 3 is 2.65 bits per heavy atom. The average molecular weight is 254 g/mol. The van der Waals surface area contributed by atoms with E-state index in [2.05, 4.69) is 19.2 Å². The standard InChI is InChI=1S/C13H19FN2S/c1-3-5-9(4-2)16-10-6-7-11(13(15)17)12(14)8-10/h6-9,16H,3-5H2,1-2H3,(H2,15,17). The third-order valence-electron chi connectivity index (χ3n) is 2.74. The molecule has 0 bridgehead atoms. The average Bonchev–Trinajstić information content (AvgIpc) is 2.28. The van der Waals surface area contributed by atoms with E-state index in [1.165, 1.54) is 6.07 Å². The summed E-state index contributed by atoms with van der Waals surface area (Å²) in [6.07, 6.45) is 3.21. The molecule has 17 heavy (non-hydrogen) atoms. The van der Waals surface area contributed by atoms with Crippen LogP contribution in [0.4, 0.5) is 10.1 Å². The molecular weight excluding hydrogens is 235 g/mol. The van der Waals surface area contributed by atoms with Gasteiger partial charge in [0.15, 0.2) is 0 Å². The first-order chi connectivity index (χ1) is 8.08. The predicted octanol–water partition coefficient (Wildman–Crippen LogP) is 3.45. The van der Waals surface area contributed by atoms with E-state index in [9.17, 15) is 4.39 Å². The van der Waals surface area contributed by atoms with Crippen molar-refractivity contribution < 1.29 is 4.39 Å². The van der Waals surface area contributed by atoms with E-state index in [1.54, 1.807) is 6.07 Å². The van der Waals surface area contributed by atoms with Crippen LogP contribution in [-0.4, -0.2) is 11.0 Å². The van der Waals surface area contributed by atoms with Crippen LogP contribution < -0.4 is 11.1 Å². The molecule has 2 nitrogen and oxygen atoms in total. The minimum Gasteiger partial charge on any atom is -0.389 e. The number of nitrogens with one attached hydrogen (secondary N) is 1. The summed E-state index contributed by atoms with van der Waals surface area (Å²) in [5, 5.41) is 3.31.